The number of rotatable bonds is 5. The molecule has 1 atom stereocenters. The highest BCUT2D eigenvalue weighted by molar-refractivity contribution is 7.92. The predicted molar refractivity (Wildman–Crippen MR) is 103 cm³/mol. The largest absolute Gasteiger partial charge is 0.454 e. The van der Waals surface area contributed by atoms with E-state index in [1.54, 1.807) is 43.3 Å². The van der Waals surface area contributed by atoms with Crippen molar-refractivity contribution in [2.75, 3.05) is 17.2 Å². The summed E-state index contributed by atoms with van der Waals surface area (Å²) in [7, 11) is -3.38. The zero-order valence-electron chi connectivity index (χ0n) is 15.4. The standard InChI is InChI=1S/C20H21NO5S/c1-13-6-4-5-7-17(13)20(23)26-12-19(22)15-8-9-18-16(11-15)10-14(2)21(18)27(3,24)25/h4-9,11,14H,10,12H2,1-3H3/t14-/m0/s1. The quantitative estimate of drug-likeness (QED) is 0.582. The van der Waals surface area contributed by atoms with E-state index in [0.717, 1.165) is 11.1 Å². The Hall–Kier alpha value is -2.67. The topological polar surface area (TPSA) is 80.8 Å². The van der Waals surface area contributed by atoms with Crippen LogP contribution in [0, 0.1) is 6.92 Å². The van der Waals surface area contributed by atoms with E-state index in [1.165, 1.54) is 10.6 Å². The van der Waals surface area contributed by atoms with Crippen LogP contribution >= 0.6 is 0 Å². The first-order valence-corrected chi connectivity index (χ1v) is 10.4. The molecule has 2 aromatic rings. The number of anilines is 1. The molecule has 0 aromatic heterocycles. The van der Waals surface area contributed by atoms with E-state index in [4.69, 9.17) is 4.74 Å². The van der Waals surface area contributed by atoms with Crippen molar-refractivity contribution in [3.05, 3.63) is 64.7 Å². The van der Waals surface area contributed by atoms with Crippen molar-refractivity contribution in [3.63, 3.8) is 0 Å². The van der Waals surface area contributed by atoms with Crippen molar-refractivity contribution < 1.29 is 22.7 Å². The Bertz CT molecular complexity index is 1010. The average molecular weight is 387 g/mol. The summed E-state index contributed by atoms with van der Waals surface area (Å²) < 4.78 is 30.4. The molecule has 0 radical (unpaired) electrons. The smallest absolute Gasteiger partial charge is 0.338 e. The van der Waals surface area contributed by atoms with Crippen LogP contribution in [-0.2, 0) is 21.2 Å². The lowest BCUT2D eigenvalue weighted by Gasteiger charge is -2.21. The second kappa shape index (κ2) is 7.15. The fourth-order valence-corrected chi connectivity index (χ4v) is 4.64. The maximum Gasteiger partial charge on any atom is 0.338 e. The first kappa shape index (κ1) is 19.1. The molecule has 7 heteroatoms. The van der Waals surface area contributed by atoms with Crippen LogP contribution < -0.4 is 4.31 Å². The van der Waals surface area contributed by atoms with Crippen LogP contribution in [0.4, 0.5) is 5.69 Å². The van der Waals surface area contributed by atoms with Gasteiger partial charge in [0.05, 0.1) is 17.5 Å². The number of carbonyl (C=O) groups is 2. The predicted octanol–water partition coefficient (Wildman–Crippen LogP) is 2.75. The number of carbonyl (C=O) groups excluding carboxylic acids is 2. The van der Waals surface area contributed by atoms with Gasteiger partial charge in [0.2, 0.25) is 10.0 Å². The minimum atomic E-state index is -3.38. The van der Waals surface area contributed by atoms with Gasteiger partial charge in [-0.2, -0.15) is 0 Å². The summed E-state index contributed by atoms with van der Waals surface area (Å²) in [6, 6.07) is 11.7. The molecule has 1 aliphatic heterocycles. The number of esters is 1. The molecule has 0 bridgehead atoms. The van der Waals surface area contributed by atoms with Gasteiger partial charge in [0, 0.05) is 11.6 Å². The third-order valence-electron chi connectivity index (χ3n) is 4.61. The van der Waals surface area contributed by atoms with Crippen LogP contribution in [0.25, 0.3) is 0 Å². The van der Waals surface area contributed by atoms with Gasteiger partial charge in [-0.15, -0.1) is 0 Å². The molecule has 0 fully saturated rings. The van der Waals surface area contributed by atoms with E-state index < -0.39 is 16.0 Å². The number of Topliss-reactive ketones (excluding diaryl/α,β-unsaturated/α-hetero) is 1. The summed E-state index contributed by atoms with van der Waals surface area (Å²) in [5.74, 6) is -0.871. The first-order valence-electron chi connectivity index (χ1n) is 8.57. The molecule has 1 heterocycles. The molecule has 0 saturated heterocycles. The second-order valence-electron chi connectivity index (χ2n) is 6.77. The minimum Gasteiger partial charge on any atom is -0.454 e. The highest BCUT2D eigenvalue weighted by atomic mass is 32.2. The zero-order valence-corrected chi connectivity index (χ0v) is 16.2. The minimum absolute atomic E-state index is 0.195. The van der Waals surface area contributed by atoms with E-state index in [9.17, 15) is 18.0 Å². The Morgan fingerprint density at radius 3 is 2.56 bits per heavy atom. The van der Waals surface area contributed by atoms with Crippen LogP contribution in [0.2, 0.25) is 0 Å². The summed E-state index contributed by atoms with van der Waals surface area (Å²) in [5.41, 5.74) is 3.00. The lowest BCUT2D eigenvalue weighted by atomic mass is 10.0. The van der Waals surface area contributed by atoms with Crippen LogP contribution in [0.15, 0.2) is 42.5 Å². The van der Waals surface area contributed by atoms with Gasteiger partial charge in [-0.1, -0.05) is 18.2 Å². The van der Waals surface area contributed by atoms with Crippen LogP contribution in [0.3, 0.4) is 0 Å². The number of aryl methyl sites for hydroxylation is 1. The zero-order chi connectivity index (χ0) is 19.8. The van der Waals surface area contributed by atoms with Crippen molar-refractivity contribution in [1.29, 1.82) is 0 Å². The average Bonchev–Trinajstić information content (AvgIpc) is 2.94. The number of ether oxygens (including phenoxy) is 1. The van der Waals surface area contributed by atoms with Crippen molar-refractivity contribution in [3.8, 4) is 0 Å². The molecule has 6 nitrogen and oxygen atoms in total. The number of nitrogens with zero attached hydrogens (tertiary/aromatic N) is 1. The number of ketones is 1. The number of fused-ring (bicyclic) bond motifs is 1. The van der Waals surface area contributed by atoms with Crippen LogP contribution in [0.1, 0.15) is 38.8 Å². The van der Waals surface area contributed by atoms with Gasteiger partial charge < -0.3 is 4.74 Å². The third-order valence-corrected chi connectivity index (χ3v) is 5.88. The molecule has 0 aliphatic carbocycles. The first-order chi connectivity index (χ1) is 12.7. The van der Waals surface area contributed by atoms with Gasteiger partial charge in [0.25, 0.3) is 0 Å². The Balaban J connectivity index is 1.73. The monoisotopic (exact) mass is 387 g/mol. The van der Waals surface area contributed by atoms with Gasteiger partial charge in [0.15, 0.2) is 12.4 Å². The number of hydrogen-bond donors (Lipinski definition) is 0. The molecule has 2 aromatic carbocycles. The van der Waals surface area contributed by atoms with Gasteiger partial charge in [-0.05, 0) is 55.7 Å². The molecule has 142 valence electrons. The van der Waals surface area contributed by atoms with E-state index in [0.29, 0.717) is 23.2 Å². The van der Waals surface area contributed by atoms with Gasteiger partial charge in [0.1, 0.15) is 0 Å². The Labute approximate surface area is 158 Å². The highest BCUT2D eigenvalue weighted by Gasteiger charge is 2.32. The maximum absolute atomic E-state index is 12.4. The fraction of sp³-hybridized carbons (Fsp3) is 0.300. The summed E-state index contributed by atoms with van der Waals surface area (Å²) in [5, 5.41) is 0. The van der Waals surface area contributed by atoms with E-state index in [1.807, 2.05) is 13.0 Å². The van der Waals surface area contributed by atoms with Gasteiger partial charge >= 0.3 is 5.97 Å². The molecule has 27 heavy (non-hydrogen) atoms. The fourth-order valence-electron chi connectivity index (χ4n) is 3.38. The lowest BCUT2D eigenvalue weighted by molar-refractivity contribution is 0.0474. The van der Waals surface area contributed by atoms with E-state index >= 15 is 0 Å². The molecular formula is C20H21NO5S. The van der Waals surface area contributed by atoms with Crippen molar-refractivity contribution in [2.24, 2.45) is 0 Å². The van der Waals surface area contributed by atoms with Crippen molar-refractivity contribution in [1.82, 2.24) is 0 Å². The summed E-state index contributed by atoms with van der Waals surface area (Å²) in [4.78, 5) is 24.6. The number of benzene rings is 2. The Kier molecular flexibility index (Phi) is 5.06. The summed E-state index contributed by atoms with van der Waals surface area (Å²) in [6.45, 7) is 3.26. The SMILES string of the molecule is Cc1ccccc1C(=O)OCC(=O)c1ccc2c(c1)C[C@H](C)N2S(C)(=O)=O. The van der Waals surface area contributed by atoms with E-state index in [-0.39, 0.29) is 18.4 Å². The molecule has 0 saturated carbocycles. The molecule has 0 unspecified atom stereocenters. The third kappa shape index (κ3) is 3.88. The number of hydrogen-bond acceptors (Lipinski definition) is 5. The molecule has 3 rings (SSSR count). The summed E-state index contributed by atoms with van der Waals surface area (Å²) in [6.07, 6.45) is 1.70. The van der Waals surface area contributed by atoms with Gasteiger partial charge in [-0.3, -0.25) is 9.10 Å². The molecule has 0 N–H and O–H groups in total. The normalized spacial score (nSPS) is 16.1. The lowest BCUT2D eigenvalue weighted by Crippen LogP contribution is -2.34. The number of sulfonamides is 1. The van der Waals surface area contributed by atoms with Crippen molar-refractivity contribution >= 4 is 27.5 Å². The Morgan fingerprint density at radius 2 is 1.89 bits per heavy atom. The maximum atomic E-state index is 12.4. The molecule has 0 spiro atoms. The van der Waals surface area contributed by atoms with E-state index in [2.05, 4.69) is 0 Å². The van der Waals surface area contributed by atoms with Crippen molar-refractivity contribution in [2.45, 2.75) is 26.3 Å². The molecular weight excluding hydrogens is 366 g/mol. The molecule has 0 amide bonds. The molecule has 1 aliphatic rings. The van der Waals surface area contributed by atoms with Crippen LogP contribution in [0.5, 0.6) is 0 Å². The highest BCUT2D eigenvalue weighted by Crippen LogP contribution is 2.34. The summed E-state index contributed by atoms with van der Waals surface area (Å²) >= 11 is 0. The Morgan fingerprint density at radius 1 is 1.19 bits per heavy atom. The van der Waals surface area contributed by atoms with Gasteiger partial charge in [-0.25, -0.2) is 13.2 Å². The van der Waals surface area contributed by atoms with Crippen LogP contribution in [-0.4, -0.2) is 39.1 Å². The second-order valence-corrected chi connectivity index (χ2v) is 8.63.